The first-order valence-corrected chi connectivity index (χ1v) is 5.91. The molecule has 0 bridgehead atoms. The van der Waals surface area contributed by atoms with Crippen LogP contribution in [0.15, 0.2) is 34.7 Å². The number of halogens is 4. The molecule has 1 aromatic heterocycles. The van der Waals surface area contributed by atoms with Gasteiger partial charge in [0.1, 0.15) is 17.3 Å². The fraction of sp³-hybridized carbons (Fsp3) is 0.286. The number of rotatable bonds is 3. The molecule has 0 aliphatic carbocycles. The summed E-state index contributed by atoms with van der Waals surface area (Å²) in [5.74, 6) is -0.410. The molecule has 6 heteroatoms. The maximum atomic E-state index is 13.6. The summed E-state index contributed by atoms with van der Waals surface area (Å²) in [6, 6.07) is 5.03. The van der Waals surface area contributed by atoms with Crippen molar-refractivity contribution in [3.05, 3.63) is 47.5 Å². The van der Waals surface area contributed by atoms with Crippen LogP contribution in [0.4, 0.5) is 17.6 Å². The second-order valence-corrected chi connectivity index (χ2v) is 4.51. The van der Waals surface area contributed by atoms with Crippen LogP contribution in [0.1, 0.15) is 18.2 Å². The summed E-state index contributed by atoms with van der Waals surface area (Å²) < 4.78 is 56.7. The molecule has 1 heterocycles. The highest BCUT2D eigenvalue weighted by Crippen LogP contribution is 2.34. The van der Waals surface area contributed by atoms with Gasteiger partial charge in [-0.05, 0) is 37.3 Å². The van der Waals surface area contributed by atoms with Gasteiger partial charge in [0.05, 0.1) is 17.2 Å². The Balaban J connectivity index is 2.39. The molecule has 0 amide bonds. The topological polar surface area (TPSA) is 33.4 Å². The first-order valence-electron chi connectivity index (χ1n) is 5.91. The number of hydrogen-bond acceptors (Lipinski definition) is 2. The second-order valence-electron chi connectivity index (χ2n) is 4.51. The van der Waals surface area contributed by atoms with Gasteiger partial charge in [0.25, 0.3) is 0 Å². The number of benzene rings is 1. The molecule has 0 spiro atoms. The lowest BCUT2D eigenvalue weighted by molar-refractivity contribution is -0.137. The summed E-state index contributed by atoms with van der Waals surface area (Å²) in [5, 5.41) is 9.21. The van der Waals surface area contributed by atoms with Crippen LogP contribution in [-0.4, -0.2) is 11.2 Å². The number of furan rings is 1. The first-order chi connectivity index (χ1) is 9.27. The average molecular weight is 288 g/mol. The van der Waals surface area contributed by atoms with Crippen molar-refractivity contribution in [3.8, 4) is 11.3 Å². The fourth-order valence-corrected chi connectivity index (χ4v) is 1.81. The minimum atomic E-state index is -4.54. The molecule has 0 saturated carbocycles. The molecule has 0 aliphatic rings. The molecule has 0 fully saturated rings. The van der Waals surface area contributed by atoms with Crippen molar-refractivity contribution in [1.82, 2.24) is 0 Å². The van der Waals surface area contributed by atoms with Crippen LogP contribution in [0.2, 0.25) is 0 Å². The highest BCUT2D eigenvalue weighted by atomic mass is 19.4. The predicted octanol–water partition coefficient (Wildman–Crippen LogP) is 4.03. The SMILES string of the molecule is CC(O)Cc1ccc(-c2cc(C(F)(F)F)ccc2F)o1. The summed E-state index contributed by atoms with van der Waals surface area (Å²) in [7, 11) is 0. The summed E-state index contributed by atoms with van der Waals surface area (Å²) >= 11 is 0. The van der Waals surface area contributed by atoms with Gasteiger partial charge in [0.2, 0.25) is 0 Å². The Morgan fingerprint density at radius 1 is 1.20 bits per heavy atom. The molecule has 1 aromatic carbocycles. The quantitative estimate of drug-likeness (QED) is 0.865. The largest absolute Gasteiger partial charge is 0.461 e. The first kappa shape index (κ1) is 14.6. The van der Waals surface area contributed by atoms with Gasteiger partial charge < -0.3 is 9.52 Å². The second kappa shape index (κ2) is 5.28. The van der Waals surface area contributed by atoms with Crippen molar-refractivity contribution in [3.63, 3.8) is 0 Å². The molecule has 2 rings (SSSR count). The molecule has 108 valence electrons. The van der Waals surface area contributed by atoms with Gasteiger partial charge in [-0.3, -0.25) is 0 Å². The van der Waals surface area contributed by atoms with E-state index < -0.39 is 23.7 Å². The molecule has 2 nitrogen and oxygen atoms in total. The number of alkyl halides is 3. The van der Waals surface area contributed by atoms with Crippen LogP contribution in [0.5, 0.6) is 0 Å². The van der Waals surface area contributed by atoms with E-state index in [-0.39, 0.29) is 17.7 Å². The van der Waals surface area contributed by atoms with Gasteiger partial charge >= 0.3 is 6.18 Å². The lowest BCUT2D eigenvalue weighted by Crippen LogP contribution is -2.05. The van der Waals surface area contributed by atoms with E-state index in [4.69, 9.17) is 4.42 Å². The molecule has 0 radical (unpaired) electrons. The predicted molar refractivity (Wildman–Crippen MR) is 64.5 cm³/mol. The monoisotopic (exact) mass is 288 g/mol. The minimum absolute atomic E-state index is 0.00394. The molecule has 1 atom stereocenters. The van der Waals surface area contributed by atoms with Gasteiger partial charge in [0.15, 0.2) is 0 Å². The Morgan fingerprint density at radius 2 is 1.90 bits per heavy atom. The summed E-state index contributed by atoms with van der Waals surface area (Å²) in [6.45, 7) is 1.55. The molecule has 2 aromatic rings. The van der Waals surface area contributed by atoms with Crippen LogP contribution >= 0.6 is 0 Å². The standard InChI is InChI=1S/C14H12F4O2/c1-8(19)6-10-3-5-13(20-10)11-7-9(14(16,17)18)2-4-12(11)15/h2-5,7-8,19H,6H2,1H3. The van der Waals surface area contributed by atoms with E-state index in [1.165, 1.54) is 12.1 Å². The molecule has 1 N–H and O–H groups in total. The maximum absolute atomic E-state index is 13.6. The van der Waals surface area contributed by atoms with Gasteiger partial charge in [-0.1, -0.05) is 0 Å². The third-order valence-electron chi connectivity index (χ3n) is 2.72. The number of hydrogen-bond donors (Lipinski definition) is 1. The van der Waals surface area contributed by atoms with Crippen LogP contribution in [0, 0.1) is 5.82 Å². The van der Waals surface area contributed by atoms with Crippen molar-refractivity contribution < 1.29 is 27.1 Å². The molecule has 20 heavy (non-hydrogen) atoms. The van der Waals surface area contributed by atoms with Crippen molar-refractivity contribution in [2.75, 3.05) is 0 Å². The van der Waals surface area contributed by atoms with Gasteiger partial charge in [-0.2, -0.15) is 13.2 Å². The fourth-order valence-electron chi connectivity index (χ4n) is 1.81. The molecule has 0 aliphatic heterocycles. The van der Waals surface area contributed by atoms with Gasteiger partial charge in [-0.25, -0.2) is 4.39 Å². The molecular weight excluding hydrogens is 276 g/mol. The third kappa shape index (κ3) is 3.19. The highest BCUT2D eigenvalue weighted by Gasteiger charge is 2.31. The normalized spacial score (nSPS) is 13.5. The Labute approximate surface area is 112 Å². The van der Waals surface area contributed by atoms with Crippen molar-refractivity contribution in [2.24, 2.45) is 0 Å². The zero-order valence-corrected chi connectivity index (χ0v) is 10.5. The van der Waals surface area contributed by atoms with Crippen molar-refractivity contribution in [1.29, 1.82) is 0 Å². The smallest absolute Gasteiger partial charge is 0.416 e. The zero-order valence-electron chi connectivity index (χ0n) is 10.5. The van der Waals surface area contributed by atoms with Crippen LogP contribution in [0.3, 0.4) is 0 Å². The Bertz CT molecular complexity index is 599. The Kier molecular flexibility index (Phi) is 3.85. The van der Waals surface area contributed by atoms with E-state index in [1.807, 2.05) is 0 Å². The van der Waals surface area contributed by atoms with Gasteiger partial charge in [-0.15, -0.1) is 0 Å². The Morgan fingerprint density at radius 3 is 2.50 bits per heavy atom. The highest BCUT2D eigenvalue weighted by molar-refractivity contribution is 5.60. The van der Waals surface area contributed by atoms with Crippen molar-refractivity contribution >= 4 is 0 Å². The van der Waals surface area contributed by atoms with E-state index in [2.05, 4.69) is 0 Å². The summed E-state index contributed by atoms with van der Waals surface area (Å²) in [5.41, 5.74) is -1.20. The molecule has 0 saturated heterocycles. The van der Waals surface area contributed by atoms with Crippen LogP contribution in [-0.2, 0) is 12.6 Å². The van der Waals surface area contributed by atoms with E-state index in [9.17, 15) is 22.7 Å². The van der Waals surface area contributed by atoms with Gasteiger partial charge in [0, 0.05) is 6.42 Å². The molecule has 1 unspecified atom stereocenters. The minimum Gasteiger partial charge on any atom is -0.461 e. The lowest BCUT2D eigenvalue weighted by atomic mass is 10.1. The third-order valence-corrected chi connectivity index (χ3v) is 2.72. The summed E-state index contributed by atoms with van der Waals surface area (Å²) in [4.78, 5) is 0. The van der Waals surface area contributed by atoms with E-state index >= 15 is 0 Å². The van der Waals surface area contributed by atoms with Crippen LogP contribution in [0.25, 0.3) is 11.3 Å². The van der Waals surface area contributed by atoms with Crippen LogP contribution < -0.4 is 0 Å². The lowest BCUT2D eigenvalue weighted by Gasteiger charge is -2.08. The zero-order chi connectivity index (χ0) is 14.9. The van der Waals surface area contributed by atoms with E-state index in [1.54, 1.807) is 6.92 Å². The maximum Gasteiger partial charge on any atom is 0.416 e. The van der Waals surface area contributed by atoms with E-state index in [0.29, 0.717) is 17.9 Å². The van der Waals surface area contributed by atoms with E-state index in [0.717, 1.165) is 6.07 Å². The number of aliphatic hydroxyl groups is 1. The van der Waals surface area contributed by atoms with Crippen molar-refractivity contribution in [2.45, 2.75) is 25.6 Å². The number of aliphatic hydroxyl groups excluding tert-OH is 1. The summed E-state index contributed by atoms with van der Waals surface area (Å²) in [6.07, 6.45) is -4.99. The average Bonchev–Trinajstić information content (AvgIpc) is 2.75. The Hall–Kier alpha value is -1.82. The molecular formula is C14H12F4O2.